The summed E-state index contributed by atoms with van der Waals surface area (Å²) in [5.41, 5.74) is -0.221. The van der Waals surface area contributed by atoms with E-state index in [4.69, 9.17) is 5.26 Å². The van der Waals surface area contributed by atoms with E-state index in [1.54, 1.807) is 0 Å². The van der Waals surface area contributed by atoms with E-state index in [1.165, 1.54) is 0 Å². The maximum absolute atomic E-state index is 8.43. The molecule has 0 saturated carbocycles. The summed E-state index contributed by atoms with van der Waals surface area (Å²) in [7, 11) is 0. The molecule has 0 rings (SSSR count). The van der Waals surface area contributed by atoms with E-state index in [2.05, 4.69) is 9.60 Å². The minimum Gasteiger partial charge on any atom is -0.260 e. The minimum absolute atomic E-state index is 0.221. The van der Waals surface area contributed by atoms with Gasteiger partial charge in [-0.1, -0.05) is 0 Å². The number of nitrogens with one attached hydrogen (secondary N) is 1. The summed E-state index contributed by atoms with van der Waals surface area (Å²) in [6.07, 6.45) is 0. The van der Waals surface area contributed by atoms with Crippen LogP contribution >= 0.6 is 22.9 Å². The molecule has 0 spiro atoms. The molecule has 0 aliphatic rings. The van der Waals surface area contributed by atoms with Gasteiger partial charge in [0.1, 0.15) is 0 Å². The van der Waals surface area contributed by atoms with Crippen LogP contribution in [0.5, 0.6) is 0 Å². The summed E-state index contributed by atoms with van der Waals surface area (Å²) in [5, 5.41) is 8.43. The van der Waals surface area contributed by atoms with Crippen LogP contribution in [0.15, 0.2) is 0 Å². The molecule has 0 heterocycles. The molecule has 3 heteroatoms. The lowest BCUT2D eigenvalue weighted by Crippen LogP contribution is -2.21. The lowest BCUT2D eigenvalue weighted by molar-refractivity contribution is 0.501. The molecule has 0 aliphatic heterocycles. The normalized spacial score (nSPS) is 10.8. The molecule has 0 unspecified atom stereocenters. The first kappa shape index (κ1) is 8.18. The van der Waals surface area contributed by atoms with Gasteiger partial charge in [-0.2, -0.15) is 5.26 Å². The summed E-state index contributed by atoms with van der Waals surface area (Å²) in [4.78, 5) is 0. The van der Waals surface area contributed by atoms with E-state index in [1.807, 2.05) is 36.7 Å². The Hall–Kier alpha value is 0.180. The Kier molecular flexibility index (Phi) is 3.33. The zero-order valence-electron chi connectivity index (χ0n) is 5.03. The Morgan fingerprint density at radius 2 is 2.25 bits per heavy atom. The molecule has 0 saturated heterocycles. The molecule has 0 aliphatic carbocycles. The summed E-state index contributed by atoms with van der Waals surface area (Å²) in [6.45, 7) is 4.54. The summed E-state index contributed by atoms with van der Waals surface area (Å²) < 4.78 is 2.91. The number of nitrogens with zero attached hydrogens (tertiary/aromatic N) is 1. The van der Waals surface area contributed by atoms with Crippen LogP contribution in [0.3, 0.4) is 0 Å². The maximum atomic E-state index is 8.43. The van der Waals surface area contributed by atoms with Crippen molar-refractivity contribution in [2.45, 2.75) is 13.8 Å². The van der Waals surface area contributed by atoms with Crippen LogP contribution in [0.2, 0.25) is 0 Å². The maximum Gasteiger partial charge on any atom is 0.0697 e. The van der Waals surface area contributed by atoms with Crippen molar-refractivity contribution >= 4 is 22.9 Å². The lowest BCUT2D eigenvalue weighted by atomic mass is 9.97. The SMILES string of the molecule is CC(C)(C#N)CNI. The van der Waals surface area contributed by atoms with Gasteiger partial charge in [0.15, 0.2) is 0 Å². The van der Waals surface area contributed by atoms with Crippen molar-refractivity contribution in [3.8, 4) is 6.07 Å². The molecule has 46 valence electrons. The topological polar surface area (TPSA) is 35.8 Å². The lowest BCUT2D eigenvalue weighted by Gasteiger charge is -2.11. The predicted octanol–water partition coefficient (Wildman–Crippen LogP) is 1.48. The van der Waals surface area contributed by atoms with Gasteiger partial charge in [0.2, 0.25) is 0 Å². The van der Waals surface area contributed by atoms with Crippen LogP contribution in [0, 0.1) is 16.7 Å². The van der Waals surface area contributed by atoms with Gasteiger partial charge < -0.3 is 0 Å². The summed E-state index contributed by atoms with van der Waals surface area (Å²) in [6, 6.07) is 2.17. The molecule has 0 bridgehead atoms. The number of rotatable bonds is 2. The Balaban J connectivity index is 3.59. The molecule has 2 nitrogen and oxygen atoms in total. The number of hydrogen-bond acceptors (Lipinski definition) is 2. The van der Waals surface area contributed by atoms with Gasteiger partial charge in [-0.15, -0.1) is 0 Å². The van der Waals surface area contributed by atoms with Crippen LogP contribution in [0.4, 0.5) is 0 Å². The Labute approximate surface area is 63.8 Å². The van der Waals surface area contributed by atoms with Crippen molar-refractivity contribution in [1.29, 1.82) is 5.26 Å². The number of nitriles is 1. The van der Waals surface area contributed by atoms with E-state index >= 15 is 0 Å². The molecule has 1 N–H and O–H groups in total. The quantitative estimate of drug-likeness (QED) is 0.569. The van der Waals surface area contributed by atoms with Gasteiger partial charge in [-0.05, 0) is 13.8 Å². The second kappa shape index (κ2) is 3.25. The molecule has 0 amide bonds. The van der Waals surface area contributed by atoms with Crippen molar-refractivity contribution < 1.29 is 0 Å². The van der Waals surface area contributed by atoms with Gasteiger partial charge in [-0.3, -0.25) is 3.53 Å². The summed E-state index contributed by atoms with van der Waals surface area (Å²) in [5.74, 6) is 0. The first-order chi connectivity index (χ1) is 3.62. The molecule has 8 heavy (non-hydrogen) atoms. The van der Waals surface area contributed by atoms with E-state index in [-0.39, 0.29) is 5.41 Å². The van der Waals surface area contributed by atoms with E-state index in [0.717, 1.165) is 6.54 Å². The highest BCUT2D eigenvalue weighted by atomic mass is 127. The predicted molar refractivity (Wildman–Crippen MR) is 41.4 cm³/mol. The van der Waals surface area contributed by atoms with Crippen molar-refractivity contribution in [2.75, 3.05) is 6.54 Å². The fraction of sp³-hybridized carbons (Fsp3) is 0.800. The fourth-order valence-electron chi connectivity index (χ4n) is 0.207. The molecule has 0 aromatic rings. The van der Waals surface area contributed by atoms with Crippen molar-refractivity contribution in [3.63, 3.8) is 0 Å². The molecule has 0 radical (unpaired) electrons. The first-order valence-corrected chi connectivity index (χ1v) is 3.45. The largest absolute Gasteiger partial charge is 0.260 e. The van der Waals surface area contributed by atoms with Gasteiger partial charge in [0, 0.05) is 29.4 Å². The van der Waals surface area contributed by atoms with E-state index in [0.29, 0.717) is 0 Å². The second-order valence-electron chi connectivity index (χ2n) is 2.31. The molecular formula is C5H9IN2. The van der Waals surface area contributed by atoms with E-state index < -0.39 is 0 Å². The van der Waals surface area contributed by atoms with Crippen LogP contribution in [0.25, 0.3) is 0 Å². The monoisotopic (exact) mass is 224 g/mol. The molecule has 0 aromatic heterocycles. The highest BCUT2D eigenvalue weighted by Crippen LogP contribution is 2.10. The first-order valence-electron chi connectivity index (χ1n) is 2.37. The fourth-order valence-corrected chi connectivity index (χ4v) is 1.16. The number of hydrogen-bond donors (Lipinski definition) is 1. The van der Waals surface area contributed by atoms with Crippen LogP contribution in [-0.4, -0.2) is 6.54 Å². The zero-order chi connectivity index (χ0) is 6.62. The average Bonchev–Trinajstić information content (AvgIpc) is 1.67. The zero-order valence-corrected chi connectivity index (χ0v) is 7.19. The number of halogens is 1. The third-order valence-electron chi connectivity index (χ3n) is 0.811. The van der Waals surface area contributed by atoms with Crippen LogP contribution in [-0.2, 0) is 0 Å². The Morgan fingerprint density at radius 3 is 2.38 bits per heavy atom. The van der Waals surface area contributed by atoms with Crippen molar-refractivity contribution in [2.24, 2.45) is 5.41 Å². The second-order valence-corrected chi connectivity index (χ2v) is 3.07. The van der Waals surface area contributed by atoms with E-state index in [9.17, 15) is 0 Å². The van der Waals surface area contributed by atoms with Crippen LogP contribution in [0.1, 0.15) is 13.8 Å². The third kappa shape index (κ3) is 3.22. The molecule has 0 aromatic carbocycles. The summed E-state index contributed by atoms with van der Waals surface area (Å²) >= 11 is 2.03. The van der Waals surface area contributed by atoms with Gasteiger partial charge in [-0.25, -0.2) is 0 Å². The molecule has 0 fully saturated rings. The average molecular weight is 224 g/mol. The highest BCUT2D eigenvalue weighted by Gasteiger charge is 2.14. The van der Waals surface area contributed by atoms with Crippen LogP contribution < -0.4 is 3.53 Å². The van der Waals surface area contributed by atoms with Crippen molar-refractivity contribution in [1.82, 2.24) is 3.53 Å². The smallest absolute Gasteiger partial charge is 0.0697 e. The Bertz CT molecular complexity index is 103. The highest BCUT2D eigenvalue weighted by molar-refractivity contribution is 14.1. The van der Waals surface area contributed by atoms with Gasteiger partial charge in [0.05, 0.1) is 11.5 Å². The Morgan fingerprint density at radius 1 is 1.75 bits per heavy atom. The van der Waals surface area contributed by atoms with Gasteiger partial charge >= 0.3 is 0 Å². The van der Waals surface area contributed by atoms with Gasteiger partial charge in [0.25, 0.3) is 0 Å². The standard InChI is InChI=1S/C5H9IN2/c1-5(2,3-7)4-8-6/h8H,4H2,1-2H3. The molecule has 0 atom stereocenters. The molecular weight excluding hydrogens is 215 g/mol. The van der Waals surface area contributed by atoms with Crippen molar-refractivity contribution in [3.05, 3.63) is 0 Å². The minimum atomic E-state index is -0.221. The third-order valence-corrected chi connectivity index (χ3v) is 1.19.